The van der Waals surface area contributed by atoms with Gasteiger partial charge in [0.05, 0.1) is 31.9 Å². The Morgan fingerprint density at radius 3 is 2.13 bits per heavy atom. The van der Waals surface area contributed by atoms with Crippen molar-refractivity contribution >= 4 is 23.6 Å². The van der Waals surface area contributed by atoms with E-state index in [1.165, 1.54) is 7.11 Å². The van der Waals surface area contributed by atoms with Crippen LogP contribution in [0.2, 0.25) is 0 Å². The Balaban J connectivity index is 1.18. The maximum Gasteiger partial charge on any atom is 0.410 e. The predicted molar refractivity (Wildman–Crippen MR) is 169 cm³/mol. The Morgan fingerprint density at radius 1 is 0.911 bits per heavy atom. The lowest BCUT2D eigenvalue weighted by atomic mass is 10.0. The minimum Gasteiger partial charge on any atom is -0.497 e. The van der Waals surface area contributed by atoms with Gasteiger partial charge in [0.25, 0.3) is 5.91 Å². The maximum atomic E-state index is 13.6. The van der Waals surface area contributed by atoms with Gasteiger partial charge < -0.3 is 29.3 Å². The average molecular weight is 616 g/mol. The molecule has 3 aromatic rings. The van der Waals surface area contributed by atoms with Crippen molar-refractivity contribution in [3.63, 3.8) is 0 Å². The van der Waals surface area contributed by atoms with Crippen molar-refractivity contribution in [2.24, 2.45) is 0 Å². The van der Waals surface area contributed by atoms with Gasteiger partial charge in [-0.3, -0.25) is 9.59 Å². The molecule has 0 unspecified atom stereocenters. The second-order valence-electron chi connectivity index (χ2n) is 12.4. The number of nitrogens with zero attached hydrogens (tertiary/aromatic N) is 4. The smallest absolute Gasteiger partial charge is 0.410 e. The molecule has 1 N–H and O–H groups in total. The topological polar surface area (TPSA) is 123 Å². The van der Waals surface area contributed by atoms with Crippen LogP contribution in [0.25, 0.3) is 11.4 Å². The zero-order valence-corrected chi connectivity index (χ0v) is 26.5. The molecule has 3 amide bonds. The first-order valence-corrected chi connectivity index (χ1v) is 15.3. The fourth-order valence-electron chi connectivity index (χ4n) is 5.43. The Labute approximate surface area is 263 Å². The number of likely N-dealkylation sites (tertiary alicyclic amines) is 1. The number of aromatic nitrogens is 2. The molecule has 2 heterocycles. The summed E-state index contributed by atoms with van der Waals surface area (Å²) in [5.41, 5.74) is 2.08. The van der Waals surface area contributed by atoms with Crippen LogP contribution in [0.15, 0.2) is 54.9 Å². The van der Waals surface area contributed by atoms with Crippen LogP contribution in [0.4, 0.5) is 10.5 Å². The molecule has 5 rings (SSSR count). The zero-order valence-electron chi connectivity index (χ0n) is 26.5. The first kappa shape index (κ1) is 31.7. The summed E-state index contributed by atoms with van der Waals surface area (Å²) >= 11 is 0. The standard InChI is InChI=1S/C34H41N5O6/c1-34(2,3)45-33(42)38-16-14-26(15-17-38)39(25-10-11-25)32(41)24-20-35-31(36-21-24)23-8-6-22(7-9-23)18-30(40)37-28-13-12-27(43-4)19-29(28)44-5/h6-9,12-13,19-21,25-26H,10-11,14-18H2,1-5H3,(H,37,40). The van der Waals surface area contributed by atoms with Gasteiger partial charge in [0.1, 0.15) is 17.1 Å². The van der Waals surface area contributed by atoms with Crippen LogP contribution in [0, 0.1) is 0 Å². The third kappa shape index (κ3) is 8.09. The number of nitrogens with one attached hydrogen (secondary N) is 1. The van der Waals surface area contributed by atoms with Gasteiger partial charge in [-0.15, -0.1) is 0 Å². The van der Waals surface area contributed by atoms with Crippen molar-refractivity contribution in [2.45, 2.75) is 70.6 Å². The third-order valence-electron chi connectivity index (χ3n) is 7.84. The van der Waals surface area contributed by atoms with Gasteiger partial charge in [0.15, 0.2) is 5.82 Å². The van der Waals surface area contributed by atoms with E-state index in [9.17, 15) is 14.4 Å². The number of methoxy groups -OCH3 is 2. The van der Waals surface area contributed by atoms with Gasteiger partial charge >= 0.3 is 6.09 Å². The molecule has 1 aromatic heterocycles. The van der Waals surface area contributed by atoms with E-state index in [1.54, 1.807) is 42.6 Å². The number of ether oxygens (including phenoxy) is 3. The molecule has 0 spiro atoms. The Kier molecular flexibility index (Phi) is 9.55. The van der Waals surface area contributed by atoms with Crippen LogP contribution in [-0.2, 0) is 16.0 Å². The molecular weight excluding hydrogens is 574 g/mol. The number of benzene rings is 2. The largest absolute Gasteiger partial charge is 0.497 e. The van der Waals surface area contributed by atoms with Gasteiger partial charge in [0.2, 0.25) is 5.91 Å². The molecule has 1 saturated carbocycles. The van der Waals surface area contributed by atoms with Crippen molar-refractivity contribution < 1.29 is 28.6 Å². The van der Waals surface area contributed by atoms with Crippen LogP contribution >= 0.6 is 0 Å². The van der Waals surface area contributed by atoms with E-state index in [1.807, 2.05) is 49.9 Å². The highest BCUT2D eigenvalue weighted by molar-refractivity contribution is 5.95. The number of rotatable bonds is 9. The fraction of sp³-hybridized carbons (Fsp3) is 0.441. The van der Waals surface area contributed by atoms with E-state index in [-0.39, 0.29) is 36.4 Å². The fourth-order valence-corrected chi connectivity index (χ4v) is 5.43. The van der Waals surface area contributed by atoms with E-state index in [2.05, 4.69) is 15.3 Å². The summed E-state index contributed by atoms with van der Waals surface area (Å²) in [5.74, 6) is 1.39. The number of amides is 3. The lowest BCUT2D eigenvalue weighted by Gasteiger charge is -2.39. The Hall–Kier alpha value is -4.67. The molecule has 45 heavy (non-hydrogen) atoms. The van der Waals surface area contributed by atoms with Crippen LogP contribution in [-0.4, -0.2) is 82.7 Å². The van der Waals surface area contributed by atoms with Gasteiger partial charge in [-0.05, 0) is 64.2 Å². The molecule has 0 atom stereocenters. The minimum absolute atomic E-state index is 0.0546. The molecule has 2 fully saturated rings. The molecule has 238 valence electrons. The molecule has 11 nitrogen and oxygen atoms in total. The summed E-state index contributed by atoms with van der Waals surface area (Å²) in [5, 5.41) is 2.88. The monoisotopic (exact) mass is 615 g/mol. The Morgan fingerprint density at radius 2 is 1.56 bits per heavy atom. The highest BCUT2D eigenvalue weighted by Crippen LogP contribution is 2.34. The average Bonchev–Trinajstić information content (AvgIpc) is 3.86. The number of piperidine rings is 1. The molecule has 2 aliphatic rings. The van der Waals surface area contributed by atoms with Crippen LogP contribution in [0.5, 0.6) is 11.5 Å². The van der Waals surface area contributed by atoms with E-state index in [0.29, 0.717) is 54.5 Å². The molecular formula is C34H41N5O6. The lowest BCUT2D eigenvalue weighted by molar-refractivity contribution is -0.115. The lowest BCUT2D eigenvalue weighted by Crippen LogP contribution is -2.50. The minimum atomic E-state index is -0.540. The van der Waals surface area contributed by atoms with Gasteiger partial charge in [-0.1, -0.05) is 24.3 Å². The third-order valence-corrected chi connectivity index (χ3v) is 7.84. The predicted octanol–water partition coefficient (Wildman–Crippen LogP) is 5.35. The van der Waals surface area contributed by atoms with Gasteiger partial charge in [-0.25, -0.2) is 14.8 Å². The van der Waals surface area contributed by atoms with Crippen LogP contribution in [0.1, 0.15) is 62.4 Å². The molecule has 1 saturated heterocycles. The molecule has 0 radical (unpaired) electrons. The van der Waals surface area contributed by atoms with E-state index in [4.69, 9.17) is 14.2 Å². The van der Waals surface area contributed by atoms with E-state index >= 15 is 0 Å². The zero-order chi connectivity index (χ0) is 32.1. The summed E-state index contributed by atoms with van der Waals surface area (Å²) in [4.78, 5) is 51.5. The number of carbonyl (C=O) groups excluding carboxylic acids is 3. The van der Waals surface area contributed by atoms with Crippen molar-refractivity contribution in [2.75, 3.05) is 32.6 Å². The number of carbonyl (C=O) groups is 3. The second-order valence-corrected chi connectivity index (χ2v) is 12.4. The quantitative estimate of drug-likeness (QED) is 0.342. The summed E-state index contributed by atoms with van der Waals surface area (Å²) in [7, 11) is 3.11. The second kappa shape index (κ2) is 13.5. The van der Waals surface area contributed by atoms with Crippen molar-refractivity contribution in [1.82, 2.24) is 19.8 Å². The van der Waals surface area contributed by atoms with Crippen molar-refractivity contribution in [3.8, 4) is 22.9 Å². The van der Waals surface area contributed by atoms with Crippen molar-refractivity contribution in [1.29, 1.82) is 0 Å². The van der Waals surface area contributed by atoms with E-state index < -0.39 is 5.60 Å². The summed E-state index contributed by atoms with van der Waals surface area (Å²) in [6, 6.07) is 12.9. The molecule has 1 aliphatic heterocycles. The van der Waals surface area contributed by atoms with Gasteiger partial charge in [-0.2, -0.15) is 0 Å². The molecule has 11 heteroatoms. The summed E-state index contributed by atoms with van der Waals surface area (Å²) in [6.45, 7) is 6.69. The summed E-state index contributed by atoms with van der Waals surface area (Å²) < 4.78 is 16.1. The highest BCUT2D eigenvalue weighted by Gasteiger charge is 2.40. The Bertz CT molecular complexity index is 1510. The number of hydrogen-bond donors (Lipinski definition) is 1. The SMILES string of the molecule is COc1ccc(NC(=O)Cc2ccc(-c3ncc(C(=O)N(C4CC4)C4CCN(C(=O)OC(C)(C)C)CC4)cn3)cc2)c(OC)c1. The van der Waals surface area contributed by atoms with Crippen LogP contribution < -0.4 is 14.8 Å². The number of anilines is 1. The normalized spacial score (nSPS) is 15.3. The molecule has 0 bridgehead atoms. The van der Waals surface area contributed by atoms with Gasteiger partial charge in [0, 0.05) is 49.2 Å². The number of hydrogen-bond acceptors (Lipinski definition) is 8. The van der Waals surface area contributed by atoms with Crippen molar-refractivity contribution in [3.05, 3.63) is 66.0 Å². The highest BCUT2D eigenvalue weighted by atomic mass is 16.6. The first-order chi connectivity index (χ1) is 21.5. The summed E-state index contributed by atoms with van der Waals surface area (Å²) in [6.07, 6.45) is 6.41. The van der Waals surface area contributed by atoms with E-state index in [0.717, 1.165) is 24.0 Å². The maximum absolute atomic E-state index is 13.6. The molecule has 2 aromatic carbocycles. The molecule has 1 aliphatic carbocycles. The first-order valence-electron chi connectivity index (χ1n) is 15.3. The van der Waals surface area contributed by atoms with Crippen LogP contribution in [0.3, 0.4) is 0 Å².